The molecule has 2 rings (SSSR count). The van der Waals surface area contributed by atoms with Crippen LogP contribution < -0.4 is 10.5 Å². The van der Waals surface area contributed by atoms with Crippen molar-refractivity contribution in [1.29, 1.82) is 0 Å². The third-order valence-electron chi connectivity index (χ3n) is 2.91. The summed E-state index contributed by atoms with van der Waals surface area (Å²) in [4.78, 5) is 11.8. The van der Waals surface area contributed by atoms with E-state index in [-0.39, 0.29) is 28.6 Å². The molecule has 0 saturated carbocycles. The highest BCUT2D eigenvalue weighted by atomic mass is 32.2. The molecule has 1 aliphatic rings. The quantitative estimate of drug-likeness (QED) is 0.772. The van der Waals surface area contributed by atoms with Crippen molar-refractivity contribution in [3.8, 4) is 0 Å². The Hall–Kier alpha value is -1.45. The number of primary sulfonamides is 1. The molecule has 0 aliphatic carbocycles. The number of ether oxygens (including phenoxy) is 1. The number of aromatic nitrogens is 2. The van der Waals surface area contributed by atoms with Crippen LogP contribution in [-0.4, -0.2) is 36.8 Å². The zero-order valence-corrected chi connectivity index (χ0v) is 11.5. The summed E-state index contributed by atoms with van der Waals surface area (Å²) in [7, 11) is -2.38. The Morgan fingerprint density at radius 3 is 2.84 bits per heavy atom. The number of nitrogens with one attached hydrogen (secondary N) is 1. The molecule has 1 aromatic rings. The number of amides is 1. The largest absolute Gasteiger partial charge is 0.378 e. The molecule has 9 heteroatoms. The van der Waals surface area contributed by atoms with Crippen LogP contribution in [0.1, 0.15) is 13.3 Å². The van der Waals surface area contributed by atoms with E-state index in [2.05, 4.69) is 10.4 Å². The van der Waals surface area contributed by atoms with Crippen LogP contribution in [0.5, 0.6) is 0 Å². The predicted molar refractivity (Wildman–Crippen MR) is 66.7 cm³/mol. The second-order valence-corrected chi connectivity index (χ2v) is 6.16. The zero-order chi connectivity index (χ0) is 14.2. The molecule has 2 unspecified atom stereocenters. The van der Waals surface area contributed by atoms with Gasteiger partial charge in [-0.3, -0.25) is 9.48 Å². The first-order chi connectivity index (χ1) is 8.77. The maximum Gasteiger partial charge on any atom is 0.243 e. The number of sulfonamides is 1. The standard InChI is InChI=1S/C10H16N4O4S/c1-6-3-7(5-18-6)10(15)12-9-8(19(11,16)17)4-14(2)13-9/h4,6-7H,3,5H2,1-2H3,(H2,11,16,17)(H,12,13,15). The van der Waals surface area contributed by atoms with Crippen molar-refractivity contribution in [2.45, 2.75) is 24.3 Å². The molecule has 8 nitrogen and oxygen atoms in total. The maximum absolute atomic E-state index is 12.0. The number of carbonyl (C=O) groups excluding carboxylic acids is 1. The molecule has 1 saturated heterocycles. The lowest BCUT2D eigenvalue weighted by Crippen LogP contribution is -2.25. The number of carbonyl (C=O) groups is 1. The minimum atomic E-state index is -3.92. The Bertz CT molecular complexity index is 595. The average Bonchev–Trinajstić information content (AvgIpc) is 2.84. The molecule has 1 fully saturated rings. The van der Waals surface area contributed by atoms with Crippen molar-refractivity contribution in [3.05, 3.63) is 6.20 Å². The highest BCUT2D eigenvalue weighted by Crippen LogP contribution is 2.23. The first-order valence-corrected chi connectivity index (χ1v) is 7.31. The van der Waals surface area contributed by atoms with Gasteiger partial charge in [0.05, 0.1) is 18.6 Å². The Kier molecular flexibility index (Phi) is 3.61. The molecule has 0 bridgehead atoms. The lowest BCUT2D eigenvalue weighted by molar-refractivity contribution is -0.119. The van der Waals surface area contributed by atoms with Crippen LogP contribution in [0.3, 0.4) is 0 Å². The highest BCUT2D eigenvalue weighted by molar-refractivity contribution is 7.89. The predicted octanol–water partition coefficient (Wildman–Crippen LogP) is -0.569. The van der Waals surface area contributed by atoms with Crippen LogP contribution in [0, 0.1) is 5.92 Å². The molecule has 0 aromatic carbocycles. The van der Waals surface area contributed by atoms with Crippen LogP contribution in [0.15, 0.2) is 11.1 Å². The van der Waals surface area contributed by atoms with Gasteiger partial charge in [0.2, 0.25) is 15.9 Å². The van der Waals surface area contributed by atoms with Crippen LogP contribution in [-0.2, 0) is 26.6 Å². The van der Waals surface area contributed by atoms with E-state index in [0.29, 0.717) is 13.0 Å². The minimum Gasteiger partial charge on any atom is -0.378 e. The Morgan fingerprint density at radius 2 is 2.32 bits per heavy atom. The summed E-state index contributed by atoms with van der Waals surface area (Å²) in [5, 5.41) is 11.4. The third kappa shape index (κ3) is 3.11. The van der Waals surface area contributed by atoms with Crippen molar-refractivity contribution in [3.63, 3.8) is 0 Å². The number of hydrogen-bond donors (Lipinski definition) is 2. The van der Waals surface area contributed by atoms with E-state index in [4.69, 9.17) is 9.88 Å². The first-order valence-electron chi connectivity index (χ1n) is 5.76. The van der Waals surface area contributed by atoms with Gasteiger partial charge in [0.15, 0.2) is 5.82 Å². The van der Waals surface area contributed by atoms with E-state index in [1.165, 1.54) is 10.9 Å². The van der Waals surface area contributed by atoms with Gasteiger partial charge < -0.3 is 10.1 Å². The van der Waals surface area contributed by atoms with Gasteiger partial charge in [-0.05, 0) is 13.3 Å². The normalized spacial score (nSPS) is 23.5. The molecule has 2 atom stereocenters. The fourth-order valence-electron chi connectivity index (χ4n) is 1.98. The lowest BCUT2D eigenvalue weighted by atomic mass is 10.1. The maximum atomic E-state index is 12.0. The summed E-state index contributed by atoms with van der Waals surface area (Å²) in [5.74, 6) is -0.659. The fraction of sp³-hybridized carbons (Fsp3) is 0.600. The zero-order valence-electron chi connectivity index (χ0n) is 10.7. The summed E-state index contributed by atoms with van der Waals surface area (Å²) in [5.41, 5.74) is 0. The van der Waals surface area contributed by atoms with E-state index >= 15 is 0 Å². The average molecular weight is 288 g/mol. The first kappa shape index (κ1) is 14.0. The lowest BCUT2D eigenvalue weighted by Gasteiger charge is -2.08. The summed E-state index contributed by atoms with van der Waals surface area (Å²) in [6.07, 6.45) is 1.87. The van der Waals surface area contributed by atoms with Crippen LogP contribution in [0.2, 0.25) is 0 Å². The molecule has 0 spiro atoms. The number of rotatable bonds is 3. The molecule has 1 aromatic heterocycles. The van der Waals surface area contributed by atoms with Gasteiger partial charge in [0, 0.05) is 13.2 Å². The van der Waals surface area contributed by atoms with Crippen LogP contribution in [0.4, 0.5) is 5.82 Å². The molecule has 2 heterocycles. The SMILES string of the molecule is CC1CC(C(=O)Nc2nn(C)cc2S(N)(=O)=O)CO1. The Balaban J connectivity index is 2.18. The van der Waals surface area contributed by atoms with Gasteiger partial charge >= 0.3 is 0 Å². The van der Waals surface area contributed by atoms with Crippen molar-refractivity contribution in [1.82, 2.24) is 9.78 Å². The molecule has 1 aliphatic heterocycles. The summed E-state index contributed by atoms with van der Waals surface area (Å²) in [6.45, 7) is 2.20. The number of aryl methyl sites for hydroxylation is 1. The van der Waals surface area contributed by atoms with Crippen molar-refractivity contribution < 1.29 is 17.9 Å². The van der Waals surface area contributed by atoms with Crippen LogP contribution in [0.25, 0.3) is 0 Å². The molecule has 19 heavy (non-hydrogen) atoms. The van der Waals surface area contributed by atoms with E-state index in [9.17, 15) is 13.2 Å². The monoisotopic (exact) mass is 288 g/mol. The van der Waals surface area contributed by atoms with Gasteiger partial charge in [-0.2, -0.15) is 5.10 Å². The number of nitrogens with two attached hydrogens (primary N) is 1. The topological polar surface area (TPSA) is 116 Å². The molecule has 1 amide bonds. The summed E-state index contributed by atoms with van der Waals surface area (Å²) in [6, 6.07) is 0. The van der Waals surface area contributed by atoms with Crippen molar-refractivity contribution in [2.24, 2.45) is 18.1 Å². The summed E-state index contributed by atoms with van der Waals surface area (Å²) >= 11 is 0. The Morgan fingerprint density at radius 1 is 1.63 bits per heavy atom. The molecule has 106 valence electrons. The van der Waals surface area contributed by atoms with Gasteiger partial charge in [0.1, 0.15) is 4.90 Å². The van der Waals surface area contributed by atoms with Gasteiger partial charge in [-0.25, -0.2) is 13.6 Å². The van der Waals surface area contributed by atoms with Gasteiger partial charge in [-0.15, -0.1) is 0 Å². The summed E-state index contributed by atoms with van der Waals surface area (Å²) < 4.78 is 29.3. The van der Waals surface area contributed by atoms with E-state index in [1.54, 1.807) is 7.05 Å². The van der Waals surface area contributed by atoms with E-state index in [1.807, 2.05) is 6.92 Å². The van der Waals surface area contributed by atoms with E-state index in [0.717, 1.165) is 0 Å². The third-order valence-corrected chi connectivity index (χ3v) is 3.82. The Labute approximate surface area is 111 Å². The number of hydrogen-bond acceptors (Lipinski definition) is 5. The molecular formula is C10H16N4O4S. The van der Waals surface area contributed by atoms with E-state index < -0.39 is 10.0 Å². The second-order valence-electron chi connectivity index (χ2n) is 4.63. The minimum absolute atomic E-state index is 0.0252. The molecule has 0 radical (unpaired) electrons. The number of nitrogens with zero attached hydrogens (tertiary/aromatic N) is 2. The highest BCUT2D eigenvalue weighted by Gasteiger charge is 2.30. The second kappa shape index (κ2) is 4.91. The van der Waals surface area contributed by atoms with Crippen molar-refractivity contribution in [2.75, 3.05) is 11.9 Å². The fourth-order valence-corrected chi connectivity index (χ4v) is 2.64. The smallest absolute Gasteiger partial charge is 0.243 e. The molecular weight excluding hydrogens is 272 g/mol. The van der Waals surface area contributed by atoms with Crippen LogP contribution >= 0.6 is 0 Å². The molecule has 3 N–H and O–H groups in total. The van der Waals surface area contributed by atoms with Crippen molar-refractivity contribution >= 4 is 21.7 Å². The number of anilines is 1. The van der Waals surface area contributed by atoms with Gasteiger partial charge in [0.25, 0.3) is 0 Å². The van der Waals surface area contributed by atoms with Gasteiger partial charge in [-0.1, -0.05) is 0 Å².